The summed E-state index contributed by atoms with van der Waals surface area (Å²) in [6.07, 6.45) is 2.94. The summed E-state index contributed by atoms with van der Waals surface area (Å²) in [7, 11) is 0. The zero-order valence-electron chi connectivity index (χ0n) is 7.90. The van der Waals surface area contributed by atoms with E-state index in [9.17, 15) is 9.18 Å². The molecule has 0 bridgehead atoms. The van der Waals surface area contributed by atoms with Crippen molar-refractivity contribution in [2.24, 2.45) is 5.73 Å². The Hall–Kier alpha value is -2.15. The Kier molecular flexibility index (Phi) is 3.58. The van der Waals surface area contributed by atoms with Crippen LogP contribution in [0, 0.1) is 17.1 Å². The van der Waals surface area contributed by atoms with E-state index >= 15 is 0 Å². The van der Waals surface area contributed by atoms with Crippen LogP contribution < -0.4 is 5.73 Å². The van der Waals surface area contributed by atoms with Crippen LogP contribution in [0.3, 0.4) is 0 Å². The maximum Gasteiger partial charge on any atom is 0.221 e. The molecule has 0 aromatic heterocycles. The third-order valence-electron chi connectivity index (χ3n) is 1.77. The van der Waals surface area contributed by atoms with Crippen molar-refractivity contribution in [1.29, 1.82) is 5.26 Å². The van der Waals surface area contributed by atoms with E-state index in [4.69, 9.17) is 11.0 Å². The molecule has 0 saturated heterocycles. The lowest BCUT2D eigenvalue weighted by atomic mass is 10.1. The Morgan fingerprint density at radius 2 is 2.33 bits per heavy atom. The van der Waals surface area contributed by atoms with Crippen LogP contribution >= 0.6 is 0 Å². The number of carbonyl (C=O) groups is 1. The molecule has 1 amide bonds. The summed E-state index contributed by atoms with van der Waals surface area (Å²) >= 11 is 0. The second-order valence-corrected chi connectivity index (χ2v) is 2.89. The molecule has 1 aromatic carbocycles. The molecule has 0 aliphatic heterocycles. The van der Waals surface area contributed by atoms with Crippen molar-refractivity contribution >= 4 is 12.0 Å². The van der Waals surface area contributed by atoms with Gasteiger partial charge in [0, 0.05) is 12.0 Å². The molecule has 15 heavy (non-hydrogen) atoms. The molecule has 1 rings (SSSR count). The number of hydrogen-bond acceptors (Lipinski definition) is 2. The molecule has 0 radical (unpaired) electrons. The predicted molar refractivity (Wildman–Crippen MR) is 54.0 cm³/mol. The van der Waals surface area contributed by atoms with Crippen molar-refractivity contribution in [2.75, 3.05) is 0 Å². The van der Waals surface area contributed by atoms with E-state index in [1.165, 1.54) is 24.3 Å². The molecule has 76 valence electrons. The first-order valence-electron chi connectivity index (χ1n) is 4.28. The number of nitrogens with two attached hydrogens (primary N) is 1. The number of primary amides is 1. The molecular formula is C11H9FN2O. The van der Waals surface area contributed by atoms with E-state index in [2.05, 4.69) is 0 Å². The zero-order valence-corrected chi connectivity index (χ0v) is 7.90. The molecule has 0 atom stereocenters. The van der Waals surface area contributed by atoms with Crippen LogP contribution in [0.5, 0.6) is 0 Å². The number of hydrogen-bond donors (Lipinski definition) is 1. The second kappa shape index (κ2) is 4.91. The number of rotatable bonds is 3. The maximum absolute atomic E-state index is 13.4. The molecule has 2 N–H and O–H groups in total. The molecule has 0 saturated carbocycles. The molecule has 0 unspecified atom stereocenters. The average molecular weight is 204 g/mol. The Morgan fingerprint density at radius 3 is 2.93 bits per heavy atom. The van der Waals surface area contributed by atoms with Gasteiger partial charge in [0.1, 0.15) is 11.9 Å². The molecule has 0 heterocycles. The van der Waals surface area contributed by atoms with Gasteiger partial charge in [-0.05, 0) is 6.07 Å². The third-order valence-corrected chi connectivity index (χ3v) is 1.77. The topological polar surface area (TPSA) is 66.9 Å². The molecule has 0 aliphatic rings. The van der Waals surface area contributed by atoms with Gasteiger partial charge in [0.2, 0.25) is 5.91 Å². The van der Waals surface area contributed by atoms with Gasteiger partial charge in [-0.15, -0.1) is 0 Å². The Bertz CT molecular complexity index is 446. The van der Waals surface area contributed by atoms with Crippen molar-refractivity contribution in [3.05, 3.63) is 41.2 Å². The highest BCUT2D eigenvalue weighted by molar-refractivity contribution is 5.76. The lowest BCUT2D eigenvalue weighted by Crippen LogP contribution is -2.07. The first kappa shape index (κ1) is 10.9. The SMILES string of the molecule is N#Cc1cccc(C=CCC(N)=O)c1F. The van der Waals surface area contributed by atoms with Crippen LogP contribution in [0.4, 0.5) is 4.39 Å². The van der Waals surface area contributed by atoms with Gasteiger partial charge in [-0.3, -0.25) is 4.79 Å². The third kappa shape index (κ3) is 2.92. The lowest BCUT2D eigenvalue weighted by Gasteiger charge is -1.97. The normalized spacial score (nSPS) is 10.1. The number of nitrogens with zero attached hydrogens (tertiary/aromatic N) is 1. The van der Waals surface area contributed by atoms with Gasteiger partial charge in [0.15, 0.2) is 0 Å². The molecule has 0 spiro atoms. The quantitative estimate of drug-likeness (QED) is 0.812. The van der Waals surface area contributed by atoms with Gasteiger partial charge < -0.3 is 5.73 Å². The predicted octanol–water partition coefficient (Wildman–Crippen LogP) is 1.59. The smallest absolute Gasteiger partial charge is 0.221 e. The average Bonchev–Trinajstić information content (AvgIpc) is 2.20. The molecule has 3 nitrogen and oxygen atoms in total. The Morgan fingerprint density at radius 1 is 1.60 bits per heavy atom. The van der Waals surface area contributed by atoms with E-state index in [1.807, 2.05) is 0 Å². The summed E-state index contributed by atoms with van der Waals surface area (Å²) in [6.45, 7) is 0. The van der Waals surface area contributed by atoms with Crippen molar-refractivity contribution < 1.29 is 9.18 Å². The first-order valence-corrected chi connectivity index (χ1v) is 4.28. The van der Waals surface area contributed by atoms with Crippen LogP contribution in [0.1, 0.15) is 17.5 Å². The van der Waals surface area contributed by atoms with Crippen LogP contribution in [0.25, 0.3) is 6.08 Å². The Balaban J connectivity index is 2.92. The van der Waals surface area contributed by atoms with Crippen LogP contribution in [-0.2, 0) is 4.79 Å². The van der Waals surface area contributed by atoms with Crippen LogP contribution in [0.15, 0.2) is 24.3 Å². The highest BCUT2D eigenvalue weighted by atomic mass is 19.1. The summed E-state index contributed by atoms with van der Waals surface area (Å²) in [6, 6.07) is 6.22. The number of amides is 1. The van der Waals surface area contributed by atoms with Gasteiger partial charge in [-0.25, -0.2) is 4.39 Å². The summed E-state index contributed by atoms with van der Waals surface area (Å²) < 4.78 is 13.4. The molecule has 1 aromatic rings. The molecule has 0 fully saturated rings. The molecule has 4 heteroatoms. The van der Waals surface area contributed by atoms with Gasteiger partial charge in [-0.2, -0.15) is 5.26 Å². The highest BCUT2D eigenvalue weighted by Crippen LogP contribution is 2.13. The standard InChI is InChI=1S/C11H9FN2O/c12-11-8(4-2-6-10(14)15)3-1-5-9(11)7-13/h1-5H,6H2,(H2,14,15). The van der Waals surface area contributed by atoms with Crippen LogP contribution in [0.2, 0.25) is 0 Å². The minimum Gasteiger partial charge on any atom is -0.369 e. The monoisotopic (exact) mass is 204 g/mol. The molecule has 0 aliphatic carbocycles. The van der Waals surface area contributed by atoms with E-state index in [-0.39, 0.29) is 17.5 Å². The zero-order chi connectivity index (χ0) is 11.3. The number of nitriles is 1. The fourth-order valence-electron chi connectivity index (χ4n) is 1.07. The number of carbonyl (C=O) groups excluding carboxylic acids is 1. The number of halogens is 1. The van der Waals surface area contributed by atoms with E-state index in [0.29, 0.717) is 0 Å². The van der Waals surface area contributed by atoms with Crippen molar-refractivity contribution in [3.63, 3.8) is 0 Å². The van der Waals surface area contributed by atoms with E-state index in [1.54, 1.807) is 12.1 Å². The summed E-state index contributed by atoms with van der Waals surface area (Å²) in [4.78, 5) is 10.4. The van der Waals surface area contributed by atoms with Crippen LogP contribution in [-0.4, -0.2) is 5.91 Å². The fraction of sp³-hybridized carbons (Fsp3) is 0.0909. The molecular weight excluding hydrogens is 195 g/mol. The van der Waals surface area contributed by atoms with E-state index in [0.717, 1.165) is 0 Å². The summed E-state index contributed by atoms with van der Waals surface area (Å²) in [5.41, 5.74) is 5.17. The lowest BCUT2D eigenvalue weighted by molar-refractivity contribution is -0.117. The van der Waals surface area contributed by atoms with E-state index < -0.39 is 11.7 Å². The van der Waals surface area contributed by atoms with Gasteiger partial charge in [0.05, 0.1) is 5.56 Å². The highest BCUT2D eigenvalue weighted by Gasteiger charge is 2.03. The van der Waals surface area contributed by atoms with Crippen molar-refractivity contribution in [1.82, 2.24) is 0 Å². The number of benzene rings is 1. The van der Waals surface area contributed by atoms with Gasteiger partial charge in [0.25, 0.3) is 0 Å². The minimum atomic E-state index is -0.583. The minimum absolute atomic E-state index is 0.0174. The van der Waals surface area contributed by atoms with Crippen molar-refractivity contribution in [2.45, 2.75) is 6.42 Å². The summed E-state index contributed by atoms with van der Waals surface area (Å²) in [5.74, 6) is -1.07. The second-order valence-electron chi connectivity index (χ2n) is 2.89. The largest absolute Gasteiger partial charge is 0.369 e. The summed E-state index contributed by atoms with van der Waals surface area (Å²) in [5, 5.41) is 8.57. The fourth-order valence-corrected chi connectivity index (χ4v) is 1.07. The van der Waals surface area contributed by atoms with Gasteiger partial charge >= 0.3 is 0 Å². The maximum atomic E-state index is 13.4. The Labute approximate surface area is 86.6 Å². The first-order chi connectivity index (χ1) is 7.15. The van der Waals surface area contributed by atoms with Crippen molar-refractivity contribution in [3.8, 4) is 6.07 Å². The van der Waals surface area contributed by atoms with Gasteiger partial charge in [-0.1, -0.05) is 24.3 Å².